The molecule has 22 heteroatoms. The molecule has 0 aliphatic rings. The van der Waals surface area contributed by atoms with Gasteiger partial charge in [0.25, 0.3) is 22.8 Å². The fourth-order valence-corrected chi connectivity index (χ4v) is 4.52. The number of alkyl carbamates (subject to hydrolysis) is 1. The summed E-state index contributed by atoms with van der Waals surface area (Å²) in [6.07, 6.45) is 4.27. The van der Waals surface area contributed by atoms with Crippen LogP contribution in [0.25, 0.3) is 16.9 Å². The maximum Gasteiger partial charge on any atom is 0.416 e. The van der Waals surface area contributed by atoms with Gasteiger partial charge in [-0.15, -0.1) is 0 Å². The summed E-state index contributed by atoms with van der Waals surface area (Å²) >= 11 is 0. The van der Waals surface area contributed by atoms with Crippen molar-refractivity contribution in [2.24, 2.45) is 0 Å². The van der Waals surface area contributed by atoms with Gasteiger partial charge in [0.15, 0.2) is 12.4 Å². The van der Waals surface area contributed by atoms with E-state index in [0.717, 1.165) is 23.3 Å². The molecule has 0 saturated heterocycles. The summed E-state index contributed by atoms with van der Waals surface area (Å²) in [5, 5.41) is 8.38. The number of anilines is 3. The van der Waals surface area contributed by atoms with Crippen molar-refractivity contribution in [3.05, 3.63) is 108 Å². The molecule has 5 aromatic rings. The Morgan fingerprint density at radius 1 is 1.02 bits per heavy atom. The van der Waals surface area contributed by atoms with Crippen LogP contribution in [-0.4, -0.2) is 76.0 Å². The highest BCUT2D eigenvalue weighted by Gasteiger charge is 2.31. The minimum absolute atomic E-state index is 0.00166. The molecule has 4 N–H and O–H groups in total. The van der Waals surface area contributed by atoms with Crippen molar-refractivity contribution < 1.29 is 58.0 Å². The van der Waals surface area contributed by atoms with Crippen LogP contribution in [0.2, 0.25) is 0 Å². The van der Waals surface area contributed by atoms with Gasteiger partial charge in [-0.05, 0) is 75.7 Å². The van der Waals surface area contributed by atoms with Crippen molar-refractivity contribution in [1.29, 1.82) is 0 Å². The van der Waals surface area contributed by atoms with Gasteiger partial charge in [0.1, 0.15) is 0 Å². The molecule has 2 amide bonds. The highest BCUT2D eigenvalue weighted by atomic mass is 32.2. The zero-order valence-electron chi connectivity index (χ0n) is 31.3. The lowest BCUT2D eigenvalue weighted by molar-refractivity contribution is -0.726. The molecule has 2 aromatic carbocycles. The lowest BCUT2D eigenvalue weighted by Gasteiger charge is -2.14. The van der Waals surface area contributed by atoms with E-state index in [0.29, 0.717) is 29.6 Å². The number of imidazole rings is 1. The normalized spacial score (nSPS) is 11.4. The largest absolute Gasteiger partial charge is 0.748 e. The van der Waals surface area contributed by atoms with Gasteiger partial charge in [0.05, 0.1) is 45.2 Å². The van der Waals surface area contributed by atoms with Gasteiger partial charge >= 0.3 is 12.3 Å². The lowest BCUT2D eigenvalue weighted by Crippen LogP contribution is -2.39. The molecule has 0 fully saturated rings. The van der Waals surface area contributed by atoms with Gasteiger partial charge in [-0.1, -0.05) is 6.07 Å². The standard InChI is InChI=1S/C33H31F3N8O3.2CH4O3S/c1-20(2)39-32(46)47-19-43-11-5-6-24(17-43)28-9-10-37-31(41-28)42-29-12-23(8-7-21(29)3)30(45)40-26-13-25(33(34,35)36)14-27(15-26)44-16-22(4)38-18-44;2*1-5(2,3)4/h5-18,20H,19H2,1-4H3,(H2-,37,39,40,41,42,45,46);2*1H3,(H,2,3,4). The Bertz CT molecular complexity index is 2380. The van der Waals surface area contributed by atoms with E-state index >= 15 is 0 Å². The number of amides is 2. The van der Waals surface area contributed by atoms with Gasteiger partial charge in [-0.2, -0.15) is 26.2 Å². The zero-order valence-corrected chi connectivity index (χ0v) is 32.9. The Morgan fingerprint density at radius 3 is 2.28 bits per heavy atom. The first-order chi connectivity index (χ1) is 26.3. The highest BCUT2D eigenvalue weighted by molar-refractivity contribution is 7.85. The van der Waals surface area contributed by atoms with Crippen molar-refractivity contribution in [2.75, 3.05) is 23.1 Å². The molecule has 57 heavy (non-hydrogen) atoms. The van der Waals surface area contributed by atoms with E-state index in [1.54, 1.807) is 66.6 Å². The number of pyridine rings is 1. The van der Waals surface area contributed by atoms with Crippen LogP contribution < -0.4 is 20.5 Å². The lowest BCUT2D eigenvalue weighted by atomic mass is 10.1. The second-order valence-corrected chi connectivity index (χ2v) is 15.3. The van der Waals surface area contributed by atoms with E-state index < -0.39 is 44.0 Å². The monoisotopic (exact) mass is 836 g/mol. The van der Waals surface area contributed by atoms with Crippen molar-refractivity contribution in [2.45, 2.75) is 46.6 Å². The third kappa shape index (κ3) is 16.7. The number of alkyl halides is 3. The number of hydrogen-bond acceptors (Lipinski definition) is 12. The minimum Gasteiger partial charge on any atom is -0.748 e. The van der Waals surface area contributed by atoms with Crippen molar-refractivity contribution in [3.8, 4) is 16.9 Å². The Labute approximate surface area is 326 Å². The Kier molecular flexibility index (Phi) is 15.3. The molecular formula is C35H39F3N8O9S2. The van der Waals surface area contributed by atoms with E-state index in [9.17, 15) is 31.2 Å². The van der Waals surface area contributed by atoms with Crippen LogP contribution in [-0.2, 0) is 37.9 Å². The summed E-state index contributed by atoms with van der Waals surface area (Å²) in [6, 6.07) is 13.5. The summed E-state index contributed by atoms with van der Waals surface area (Å²) in [7, 11) is -7.58. The molecule has 5 rings (SSSR count). The molecule has 0 unspecified atom stereocenters. The van der Waals surface area contributed by atoms with Crippen LogP contribution in [0, 0.1) is 13.8 Å². The Hall–Kier alpha value is -5.97. The number of halogens is 3. The molecule has 0 bridgehead atoms. The zero-order chi connectivity index (χ0) is 42.7. The number of aromatic nitrogens is 5. The fourth-order valence-electron chi connectivity index (χ4n) is 4.52. The van der Waals surface area contributed by atoms with E-state index in [1.165, 1.54) is 17.0 Å². The first kappa shape index (κ1) is 45.4. The van der Waals surface area contributed by atoms with E-state index in [4.69, 9.17) is 22.3 Å². The molecule has 3 heterocycles. The third-order valence-corrected chi connectivity index (χ3v) is 6.82. The first-order valence-corrected chi connectivity index (χ1v) is 20.0. The number of nitrogens with zero attached hydrogens (tertiary/aromatic N) is 5. The molecule has 0 saturated carbocycles. The van der Waals surface area contributed by atoms with Gasteiger partial charge in [-0.25, -0.2) is 28.2 Å². The van der Waals surface area contributed by atoms with Crippen LogP contribution in [0.1, 0.15) is 41.0 Å². The summed E-state index contributed by atoms with van der Waals surface area (Å²) < 4.78 is 103. The number of nitrogens with one attached hydrogen (secondary N) is 3. The van der Waals surface area contributed by atoms with E-state index in [1.807, 2.05) is 26.8 Å². The van der Waals surface area contributed by atoms with E-state index in [2.05, 4.69) is 30.9 Å². The molecule has 0 radical (unpaired) electrons. The predicted octanol–water partition coefficient (Wildman–Crippen LogP) is 5.01. The number of benzene rings is 2. The van der Waals surface area contributed by atoms with Gasteiger partial charge in [0.2, 0.25) is 5.95 Å². The SMILES string of the molecule is CS(=O)(=O)O.CS(=O)(=O)[O-].Cc1cn(-c2cc(NC(=O)c3ccc(C)c(Nc4nccc(-c5ccc[n+](COC(=O)NC(C)C)c5)n4)c3)cc(C(F)(F)F)c2)cn1. The first-order valence-electron chi connectivity index (χ1n) is 16.4. The van der Waals surface area contributed by atoms with Gasteiger partial charge in [0, 0.05) is 53.4 Å². The Balaban J connectivity index is 0.000000775. The Morgan fingerprint density at radius 2 is 1.68 bits per heavy atom. The van der Waals surface area contributed by atoms with Crippen LogP contribution in [0.5, 0.6) is 0 Å². The molecule has 0 atom stereocenters. The van der Waals surface area contributed by atoms with Gasteiger partial charge in [-0.3, -0.25) is 9.35 Å². The fraction of sp³-hybridized carbons (Fsp3) is 0.257. The van der Waals surface area contributed by atoms with E-state index in [-0.39, 0.29) is 35.7 Å². The van der Waals surface area contributed by atoms with Crippen molar-refractivity contribution >= 4 is 49.6 Å². The summed E-state index contributed by atoms with van der Waals surface area (Å²) in [5.74, 6) is -0.350. The second kappa shape index (κ2) is 19.3. The number of carbonyl (C=O) groups is 2. The molecule has 0 spiro atoms. The van der Waals surface area contributed by atoms with Crippen molar-refractivity contribution in [3.63, 3.8) is 0 Å². The molecule has 0 aliphatic carbocycles. The van der Waals surface area contributed by atoms with Crippen LogP contribution in [0.15, 0.2) is 85.7 Å². The molecular weight excluding hydrogens is 798 g/mol. The summed E-state index contributed by atoms with van der Waals surface area (Å²) in [6.45, 7) is 7.23. The second-order valence-electron chi connectivity index (χ2n) is 12.5. The quantitative estimate of drug-likeness (QED) is 0.113. The smallest absolute Gasteiger partial charge is 0.416 e. The predicted molar refractivity (Wildman–Crippen MR) is 201 cm³/mol. The number of hydrogen-bond donors (Lipinski definition) is 4. The molecule has 306 valence electrons. The number of ether oxygens (including phenoxy) is 1. The topological polar surface area (TPSA) is 239 Å². The third-order valence-electron chi connectivity index (χ3n) is 6.82. The van der Waals surface area contributed by atoms with Crippen molar-refractivity contribution in [1.82, 2.24) is 24.8 Å². The van der Waals surface area contributed by atoms with Gasteiger partial charge < -0.3 is 29.8 Å². The summed E-state index contributed by atoms with van der Waals surface area (Å²) in [4.78, 5) is 38.1. The van der Waals surface area contributed by atoms with Crippen LogP contribution >= 0.6 is 0 Å². The maximum absolute atomic E-state index is 13.7. The highest BCUT2D eigenvalue weighted by Crippen LogP contribution is 2.33. The number of aryl methyl sites for hydroxylation is 2. The summed E-state index contributed by atoms with van der Waals surface area (Å²) in [5.41, 5.74) is 2.74. The molecule has 17 nitrogen and oxygen atoms in total. The van der Waals surface area contributed by atoms with Crippen LogP contribution in [0.4, 0.5) is 35.3 Å². The minimum atomic E-state index is -4.63. The average Bonchev–Trinajstić information content (AvgIpc) is 3.52. The number of carbonyl (C=O) groups excluding carboxylic acids is 2. The molecule has 0 aliphatic heterocycles. The number of rotatable bonds is 9. The maximum atomic E-state index is 13.7. The average molecular weight is 837 g/mol. The molecule has 3 aromatic heterocycles. The van der Waals surface area contributed by atoms with Crippen LogP contribution in [0.3, 0.4) is 0 Å².